The molecule has 0 radical (unpaired) electrons. The molecule has 0 spiro atoms. The minimum absolute atomic E-state index is 0.672. The van der Waals surface area contributed by atoms with Crippen molar-refractivity contribution in [1.29, 1.82) is 0 Å². The normalized spacial score (nSPS) is 10.4. The Morgan fingerprint density at radius 2 is 2.50 bits per heavy atom. The van der Waals surface area contributed by atoms with Crippen LogP contribution in [0.4, 0.5) is 0 Å². The molecule has 2 rings (SSSR count). The van der Waals surface area contributed by atoms with Crippen molar-refractivity contribution in [3.8, 4) is 11.6 Å². The first-order chi connectivity index (χ1) is 5.90. The summed E-state index contributed by atoms with van der Waals surface area (Å²) in [4.78, 5) is 7.25. The average Bonchev–Trinajstić information content (AvgIpc) is 2.75. The van der Waals surface area contributed by atoms with Crippen LogP contribution in [0.2, 0.25) is 0 Å². The maximum atomic E-state index is 4.93. The molecular formula is C7H6IN3O. The van der Waals surface area contributed by atoms with Gasteiger partial charge in [-0.25, -0.2) is 4.98 Å². The van der Waals surface area contributed by atoms with Gasteiger partial charge in [0.25, 0.3) is 0 Å². The monoisotopic (exact) mass is 275 g/mol. The molecule has 0 aliphatic heterocycles. The second kappa shape index (κ2) is 3.26. The van der Waals surface area contributed by atoms with Crippen molar-refractivity contribution in [2.24, 2.45) is 0 Å². The summed E-state index contributed by atoms with van der Waals surface area (Å²) in [6.07, 6.45) is 3.39. The van der Waals surface area contributed by atoms with Gasteiger partial charge in [0.2, 0.25) is 5.76 Å². The molecule has 1 N–H and O–H groups in total. The lowest BCUT2D eigenvalue weighted by Crippen LogP contribution is -1.77. The predicted octanol–water partition coefficient (Wildman–Crippen LogP) is 2.00. The van der Waals surface area contributed by atoms with Crippen LogP contribution in [-0.4, -0.2) is 15.1 Å². The van der Waals surface area contributed by atoms with Gasteiger partial charge >= 0.3 is 0 Å². The highest BCUT2D eigenvalue weighted by atomic mass is 127. The topological polar surface area (TPSA) is 54.7 Å². The standard InChI is InChI=1S/C7H6IN3O/c8-3-5-4-9-7(11-5)6-1-2-10-12-6/h1-2,4H,3H2,(H,9,11). The number of alkyl halides is 1. The van der Waals surface area contributed by atoms with Gasteiger partial charge in [-0.1, -0.05) is 27.7 Å². The summed E-state index contributed by atoms with van der Waals surface area (Å²) < 4.78 is 5.85. The lowest BCUT2D eigenvalue weighted by molar-refractivity contribution is 0.430. The number of imidazole rings is 1. The van der Waals surface area contributed by atoms with E-state index >= 15 is 0 Å². The Kier molecular flexibility index (Phi) is 2.11. The van der Waals surface area contributed by atoms with E-state index in [1.807, 2.05) is 0 Å². The van der Waals surface area contributed by atoms with Crippen molar-refractivity contribution < 1.29 is 4.52 Å². The number of hydrogen-bond donors (Lipinski definition) is 1. The van der Waals surface area contributed by atoms with Crippen molar-refractivity contribution in [2.75, 3.05) is 0 Å². The van der Waals surface area contributed by atoms with Gasteiger partial charge in [0.05, 0.1) is 6.20 Å². The number of nitrogens with one attached hydrogen (secondary N) is 1. The van der Waals surface area contributed by atoms with Gasteiger partial charge in [-0.05, 0) is 0 Å². The van der Waals surface area contributed by atoms with Crippen LogP contribution in [0.3, 0.4) is 0 Å². The van der Waals surface area contributed by atoms with Gasteiger partial charge in [0.1, 0.15) is 0 Å². The van der Waals surface area contributed by atoms with E-state index < -0.39 is 0 Å². The molecule has 0 unspecified atom stereocenters. The second-order valence-electron chi connectivity index (χ2n) is 2.27. The van der Waals surface area contributed by atoms with E-state index in [1.165, 1.54) is 0 Å². The fourth-order valence-corrected chi connectivity index (χ4v) is 1.28. The molecule has 2 aromatic rings. The van der Waals surface area contributed by atoms with Gasteiger partial charge in [0, 0.05) is 22.4 Å². The molecule has 0 amide bonds. The lowest BCUT2D eigenvalue weighted by Gasteiger charge is -1.86. The van der Waals surface area contributed by atoms with E-state index in [-0.39, 0.29) is 0 Å². The molecule has 62 valence electrons. The summed E-state index contributed by atoms with van der Waals surface area (Å²) in [5.74, 6) is 1.41. The number of hydrogen-bond acceptors (Lipinski definition) is 3. The third-order valence-electron chi connectivity index (χ3n) is 1.44. The van der Waals surface area contributed by atoms with Crippen molar-refractivity contribution in [2.45, 2.75) is 4.43 Å². The summed E-state index contributed by atoms with van der Waals surface area (Å²) >= 11 is 2.27. The Hall–Kier alpha value is -0.850. The average molecular weight is 275 g/mol. The summed E-state index contributed by atoms with van der Waals surface area (Å²) in [7, 11) is 0. The number of aromatic amines is 1. The molecule has 0 aliphatic carbocycles. The molecule has 0 aliphatic rings. The molecule has 0 aromatic carbocycles. The Morgan fingerprint density at radius 3 is 3.08 bits per heavy atom. The zero-order valence-electron chi connectivity index (χ0n) is 6.12. The lowest BCUT2D eigenvalue weighted by atomic mass is 10.4. The van der Waals surface area contributed by atoms with Gasteiger partial charge in [-0.2, -0.15) is 0 Å². The number of rotatable bonds is 2. The maximum absolute atomic E-state index is 4.93. The highest BCUT2D eigenvalue weighted by Crippen LogP contribution is 2.14. The molecule has 0 saturated heterocycles. The molecule has 0 fully saturated rings. The summed E-state index contributed by atoms with van der Waals surface area (Å²) in [6, 6.07) is 1.77. The maximum Gasteiger partial charge on any atom is 0.202 e. The minimum Gasteiger partial charge on any atom is -0.353 e. The van der Waals surface area contributed by atoms with E-state index in [1.54, 1.807) is 18.5 Å². The van der Waals surface area contributed by atoms with Crippen molar-refractivity contribution >= 4 is 22.6 Å². The van der Waals surface area contributed by atoms with E-state index in [2.05, 4.69) is 37.7 Å². The van der Waals surface area contributed by atoms with E-state index in [0.29, 0.717) is 5.76 Å². The zero-order valence-corrected chi connectivity index (χ0v) is 8.28. The highest BCUT2D eigenvalue weighted by Gasteiger charge is 2.05. The molecular weight excluding hydrogens is 269 g/mol. The fourth-order valence-electron chi connectivity index (χ4n) is 0.890. The Bertz CT molecular complexity index is 354. The smallest absolute Gasteiger partial charge is 0.202 e. The highest BCUT2D eigenvalue weighted by molar-refractivity contribution is 14.1. The van der Waals surface area contributed by atoms with Crippen molar-refractivity contribution in [1.82, 2.24) is 15.1 Å². The first-order valence-corrected chi connectivity index (χ1v) is 4.93. The van der Waals surface area contributed by atoms with Crippen molar-refractivity contribution in [3.05, 3.63) is 24.2 Å². The fraction of sp³-hybridized carbons (Fsp3) is 0.143. The summed E-state index contributed by atoms with van der Waals surface area (Å²) in [6.45, 7) is 0. The summed E-state index contributed by atoms with van der Waals surface area (Å²) in [5.41, 5.74) is 1.09. The van der Waals surface area contributed by atoms with Crippen LogP contribution in [0.15, 0.2) is 23.0 Å². The first kappa shape index (κ1) is 7.78. The zero-order chi connectivity index (χ0) is 8.39. The van der Waals surface area contributed by atoms with Gasteiger partial charge < -0.3 is 9.51 Å². The van der Waals surface area contributed by atoms with Crippen LogP contribution in [-0.2, 0) is 4.43 Å². The third kappa shape index (κ3) is 1.36. The van der Waals surface area contributed by atoms with E-state index in [4.69, 9.17) is 4.52 Å². The molecule has 4 nitrogen and oxygen atoms in total. The molecule has 2 heterocycles. The van der Waals surface area contributed by atoms with E-state index in [9.17, 15) is 0 Å². The van der Waals surface area contributed by atoms with Crippen LogP contribution in [0.1, 0.15) is 5.69 Å². The van der Waals surface area contributed by atoms with Gasteiger partial charge in [-0.15, -0.1) is 0 Å². The number of aromatic nitrogens is 3. The second-order valence-corrected chi connectivity index (χ2v) is 3.03. The molecule has 0 atom stereocenters. The van der Waals surface area contributed by atoms with Crippen LogP contribution in [0, 0.1) is 0 Å². The Balaban J connectivity index is 2.35. The van der Waals surface area contributed by atoms with Crippen LogP contribution >= 0.6 is 22.6 Å². The Morgan fingerprint density at radius 1 is 1.58 bits per heavy atom. The largest absolute Gasteiger partial charge is 0.353 e. The molecule has 5 heteroatoms. The van der Waals surface area contributed by atoms with Crippen LogP contribution in [0.25, 0.3) is 11.6 Å². The number of nitrogens with zero attached hydrogens (tertiary/aromatic N) is 2. The Labute approximate surface area is 82.5 Å². The van der Waals surface area contributed by atoms with Crippen LogP contribution < -0.4 is 0 Å². The molecule has 0 saturated carbocycles. The minimum atomic E-state index is 0.672. The SMILES string of the molecule is ICc1cnc(-c2ccno2)[nH]1. The third-order valence-corrected chi connectivity index (χ3v) is 2.27. The molecule has 0 bridgehead atoms. The van der Waals surface area contributed by atoms with Gasteiger partial charge in [-0.3, -0.25) is 0 Å². The van der Waals surface area contributed by atoms with Crippen LogP contribution in [0.5, 0.6) is 0 Å². The first-order valence-electron chi connectivity index (χ1n) is 3.41. The number of H-pyrrole nitrogens is 1. The number of halogens is 1. The predicted molar refractivity (Wildman–Crippen MR) is 51.8 cm³/mol. The van der Waals surface area contributed by atoms with Crippen molar-refractivity contribution in [3.63, 3.8) is 0 Å². The molecule has 12 heavy (non-hydrogen) atoms. The molecule has 2 aromatic heterocycles. The van der Waals surface area contributed by atoms with E-state index in [0.717, 1.165) is 15.9 Å². The summed E-state index contributed by atoms with van der Waals surface area (Å²) in [5, 5.41) is 3.60. The quantitative estimate of drug-likeness (QED) is 0.673. The van der Waals surface area contributed by atoms with Gasteiger partial charge in [0.15, 0.2) is 5.82 Å².